The molecule has 0 amide bonds. The van der Waals surface area contributed by atoms with Gasteiger partial charge in [-0.15, -0.1) is 6.58 Å². The third kappa shape index (κ3) is 6.02. The van der Waals surface area contributed by atoms with Crippen LogP contribution < -0.4 is 0 Å². The topological polar surface area (TPSA) is 24.7 Å². The summed E-state index contributed by atoms with van der Waals surface area (Å²) in [5, 5.41) is 9.16. The van der Waals surface area contributed by atoms with Gasteiger partial charge in [-0.05, 0) is 54.7 Å². The van der Waals surface area contributed by atoms with E-state index in [0.717, 1.165) is 36.5 Å². The Morgan fingerprint density at radius 2 is 1.71 bits per heavy atom. The zero-order chi connectivity index (χ0) is 19.6. The first kappa shape index (κ1) is 20.3. The van der Waals surface area contributed by atoms with E-state index in [0.29, 0.717) is 5.92 Å². The maximum atomic E-state index is 4.70. The Morgan fingerprint density at radius 1 is 1.00 bits per heavy atom. The van der Waals surface area contributed by atoms with Crippen molar-refractivity contribution in [3.8, 4) is 0 Å². The first-order chi connectivity index (χ1) is 13.8. The van der Waals surface area contributed by atoms with Gasteiger partial charge in [0.1, 0.15) is 0 Å². The van der Waals surface area contributed by atoms with Gasteiger partial charge in [0.2, 0.25) is 0 Å². The minimum absolute atomic E-state index is 0.517. The van der Waals surface area contributed by atoms with Crippen LogP contribution in [0.5, 0.6) is 0 Å². The lowest BCUT2D eigenvalue weighted by Crippen LogP contribution is -2.21. The van der Waals surface area contributed by atoms with Crippen molar-refractivity contribution in [3.63, 3.8) is 0 Å². The number of benzene rings is 2. The summed E-state index contributed by atoms with van der Waals surface area (Å²) in [5.74, 6) is 1.35. The first-order valence-corrected chi connectivity index (χ1v) is 10.6. The van der Waals surface area contributed by atoms with Crippen LogP contribution in [0.1, 0.15) is 62.1 Å². The van der Waals surface area contributed by atoms with E-state index >= 15 is 0 Å². The summed E-state index contributed by atoms with van der Waals surface area (Å²) in [6.07, 6.45) is 12.2. The number of aryl methyl sites for hydroxylation is 1. The summed E-state index contributed by atoms with van der Waals surface area (Å²) in [4.78, 5) is 0. The normalized spacial score (nSPS) is 20.4. The Kier molecular flexibility index (Phi) is 7.78. The minimum Gasteiger partial charge on any atom is -0.158 e. The maximum absolute atomic E-state index is 4.70. The summed E-state index contributed by atoms with van der Waals surface area (Å²) in [6.45, 7) is 6.14. The van der Waals surface area contributed by atoms with E-state index in [1.807, 2.05) is 12.3 Å². The van der Waals surface area contributed by atoms with Crippen LogP contribution in [0.15, 0.2) is 77.5 Å². The van der Waals surface area contributed by atoms with Gasteiger partial charge in [0.05, 0.1) is 11.9 Å². The zero-order valence-corrected chi connectivity index (χ0v) is 17.1. The minimum atomic E-state index is 0.517. The average molecular weight is 373 g/mol. The molecule has 0 heterocycles. The molecule has 0 aliphatic heterocycles. The number of rotatable bonds is 8. The van der Waals surface area contributed by atoms with Crippen molar-refractivity contribution in [1.82, 2.24) is 0 Å². The molecule has 0 radical (unpaired) electrons. The molecule has 146 valence electrons. The monoisotopic (exact) mass is 372 g/mol. The molecule has 1 saturated carbocycles. The number of hydrogen-bond donors (Lipinski definition) is 0. The molecule has 0 saturated heterocycles. The van der Waals surface area contributed by atoms with Crippen molar-refractivity contribution in [1.29, 1.82) is 0 Å². The van der Waals surface area contributed by atoms with E-state index in [4.69, 9.17) is 5.10 Å². The first-order valence-electron chi connectivity index (χ1n) is 10.6. The van der Waals surface area contributed by atoms with Crippen molar-refractivity contribution in [2.24, 2.45) is 22.0 Å². The van der Waals surface area contributed by atoms with Crippen LogP contribution in [-0.2, 0) is 6.42 Å². The Bertz CT molecular complexity index is 779. The van der Waals surface area contributed by atoms with Crippen LogP contribution in [-0.4, -0.2) is 11.9 Å². The van der Waals surface area contributed by atoms with Gasteiger partial charge < -0.3 is 0 Å². The molecule has 3 rings (SSSR count). The summed E-state index contributed by atoms with van der Waals surface area (Å²) in [6, 6.07) is 19.2. The lowest BCUT2D eigenvalue weighted by Gasteiger charge is -2.27. The second-order valence-corrected chi connectivity index (χ2v) is 7.98. The van der Waals surface area contributed by atoms with Crippen molar-refractivity contribution >= 4 is 11.9 Å². The molecule has 1 aliphatic rings. The molecule has 1 aliphatic carbocycles. The van der Waals surface area contributed by atoms with Crippen LogP contribution in [0.3, 0.4) is 0 Å². The highest BCUT2D eigenvalue weighted by Crippen LogP contribution is 2.31. The van der Waals surface area contributed by atoms with Gasteiger partial charge in [-0.2, -0.15) is 10.2 Å². The van der Waals surface area contributed by atoms with E-state index in [2.05, 4.69) is 73.2 Å². The number of hydrogen-bond acceptors (Lipinski definition) is 2. The highest BCUT2D eigenvalue weighted by Gasteiger charge is 2.23. The quantitative estimate of drug-likeness (QED) is 0.210. The Balaban J connectivity index is 1.71. The molecule has 0 spiro atoms. The molecule has 2 nitrogen and oxygen atoms in total. The molecule has 0 unspecified atom stereocenters. The molecule has 0 bridgehead atoms. The fraction of sp³-hybridized carbons (Fsp3) is 0.385. The average Bonchev–Trinajstić information content (AvgIpc) is 2.74. The van der Waals surface area contributed by atoms with E-state index in [1.165, 1.54) is 36.8 Å². The van der Waals surface area contributed by atoms with Crippen molar-refractivity contribution in [3.05, 3.63) is 83.9 Å². The third-order valence-corrected chi connectivity index (χ3v) is 5.70. The molecule has 0 atom stereocenters. The summed E-state index contributed by atoms with van der Waals surface area (Å²) < 4.78 is 0. The van der Waals surface area contributed by atoms with E-state index in [1.54, 1.807) is 0 Å². The van der Waals surface area contributed by atoms with Gasteiger partial charge in [0.15, 0.2) is 0 Å². The highest BCUT2D eigenvalue weighted by molar-refractivity contribution is 6.02. The summed E-state index contributed by atoms with van der Waals surface area (Å²) >= 11 is 0. The fourth-order valence-corrected chi connectivity index (χ4v) is 3.90. The third-order valence-electron chi connectivity index (χ3n) is 5.70. The molecule has 2 heteroatoms. The second kappa shape index (κ2) is 10.8. The molecular weight excluding hydrogens is 340 g/mol. The molecule has 2 aromatic rings. The van der Waals surface area contributed by atoms with Crippen LogP contribution in [0.4, 0.5) is 0 Å². The predicted molar refractivity (Wildman–Crippen MR) is 121 cm³/mol. The fourth-order valence-electron chi connectivity index (χ4n) is 3.90. The van der Waals surface area contributed by atoms with Gasteiger partial charge >= 0.3 is 0 Å². The number of nitrogens with zero attached hydrogens (tertiary/aromatic N) is 2. The molecule has 0 N–H and O–H groups in total. The molecular formula is C26H32N2. The van der Waals surface area contributed by atoms with Crippen LogP contribution in [0.2, 0.25) is 0 Å². The van der Waals surface area contributed by atoms with Gasteiger partial charge in [0.25, 0.3) is 0 Å². The van der Waals surface area contributed by atoms with Gasteiger partial charge in [-0.25, -0.2) is 0 Å². The molecule has 0 aromatic heterocycles. The smallest absolute Gasteiger partial charge is 0.0733 e. The Morgan fingerprint density at radius 3 is 2.39 bits per heavy atom. The summed E-state index contributed by atoms with van der Waals surface area (Å²) in [5.41, 5.74) is 4.81. The van der Waals surface area contributed by atoms with E-state index in [9.17, 15) is 0 Å². The standard InChI is InChI=1S/C26H32N2/c1-3-4-6-9-22-14-16-23(17-15-22)20-27-28-26(24-10-7-5-8-11-24)25-18-12-21(2)13-19-25/h3,5,7-8,10-11,14-17,20-21,25H,1,4,6,9,12-13,18-19H2,2H3. The Hall–Kier alpha value is -2.48. The predicted octanol–water partition coefficient (Wildman–Crippen LogP) is 6.84. The largest absolute Gasteiger partial charge is 0.158 e. The Labute approximate surface area is 170 Å². The van der Waals surface area contributed by atoms with Crippen molar-refractivity contribution in [2.75, 3.05) is 0 Å². The number of allylic oxidation sites excluding steroid dienone is 1. The van der Waals surface area contributed by atoms with E-state index in [-0.39, 0.29) is 0 Å². The van der Waals surface area contributed by atoms with Gasteiger partial charge in [0, 0.05) is 5.92 Å². The SMILES string of the molecule is C=CCCCc1ccc(C=NN=C(c2ccccc2)C2CCC(C)CC2)cc1. The van der Waals surface area contributed by atoms with Gasteiger partial charge in [-0.1, -0.05) is 80.4 Å². The van der Waals surface area contributed by atoms with Gasteiger partial charge in [-0.3, -0.25) is 0 Å². The van der Waals surface area contributed by atoms with E-state index < -0.39 is 0 Å². The second-order valence-electron chi connectivity index (χ2n) is 7.98. The summed E-state index contributed by atoms with van der Waals surface area (Å²) in [7, 11) is 0. The van der Waals surface area contributed by atoms with Crippen molar-refractivity contribution < 1.29 is 0 Å². The van der Waals surface area contributed by atoms with Crippen molar-refractivity contribution in [2.45, 2.75) is 51.9 Å². The van der Waals surface area contributed by atoms with Crippen LogP contribution >= 0.6 is 0 Å². The number of unbranched alkanes of at least 4 members (excludes halogenated alkanes) is 1. The lowest BCUT2D eigenvalue weighted by molar-refractivity contribution is 0.344. The maximum Gasteiger partial charge on any atom is 0.0733 e. The lowest BCUT2D eigenvalue weighted by atomic mass is 9.79. The van der Waals surface area contributed by atoms with Crippen LogP contribution in [0, 0.1) is 11.8 Å². The molecule has 2 aromatic carbocycles. The van der Waals surface area contributed by atoms with Crippen LogP contribution in [0.25, 0.3) is 0 Å². The molecule has 1 fully saturated rings. The highest BCUT2D eigenvalue weighted by atomic mass is 15.2. The molecule has 28 heavy (non-hydrogen) atoms. The zero-order valence-electron chi connectivity index (χ0n) is 17.1.